The molecule has 0 radical (unpaired) electrons. The molecule has 2 N–H and O–H groups in total. The fraction of sp³-hybridized carbons (Fsp3) is 0.192. The van der Waals surface area contributed by atoms with Gasteiger partial charge in [-0.2, -0.15) is 5.10 Å². The Bertz CT molecular complexity index is 1270. The maximum atomic E-state index is 11.2. The molecule has 0 atom stereocenters. The third-order valence-corrected chi connectivity index (χ3v) is 6.03. The number of fused-ring (bicyclic) bond motifs is 1. The van der Waals surface area contributed by atoms with Gasteiger partial charge in [0.1, 0.15) is 29.6 Å². The quantitative estimate of drug-likeness (QED) is 0.320. The van der Waals surface area contributed by atoms with Crippen molar-refractivity contribution >= 4 is 23.7 Å². The second-order valence-corrected chi connectivity index (χ2v) is 8.00. The Kier molecular flexibility index (Phi) is 5.42. The van der Waals surface area contributed by atoms with Crippen LogP contribution in [0.25, 0.3) is 22.7 Å². The second kappa shape index (κ2) is 8.67. The van der Waals surface area contributed by atoms with Crippen LogP contribution in [0.1, 0.15) is 42.9 Å². The van der Waals surface area contributed by atoms with Crippen molar-refractivity contribution in [3.63, 3.8) is 0 Å². The molecule has 1 fully saturated rings. The fourth-order valence-electron chi connectivity index (χ4n) is 4.66. The second-order valence-electron chi connectivity index (χ2n) is 8.00. The molecule has 0 bridgehead atoms. The SMILES string of the molecule is Nc1ncnn2c(C3CCCC3)c(C=CC=O)c(-c3ccc(Oc4ccccc4)cc3)c12. The first-order valence-corrected chi connectivity index (χ1v) is 10.9. The number of hydrogen-bond acceptors (Lipinski definition) is 5. The molecule has 160 valence electrons. The highest BCUT2D eigenvalue weighted by Crippen LogP contribution is 2.44. The number of anilines is 1. The lowest BCUT2D eigenvalue weighted by molar-refractivity contribution is -0.104. The van der Waals surface area contributed by atoms with Gasteiger partial charge in [-0.3, -0.25) is 4.79 Å². The molecule has 4 aromatic rings. The van der Waals surface area contributed by atoms with Gasteiger partial charge in [-0.1, -0.05) is 43.2 Å². The highest BCUT2D eigenvalue weighted by Gasteiger charge is 2.28. The van der Waals surface area contributed by atoms with E-state index in [0.717, 1.165) is 58.5 Å². The van der Waals surface area contributed by atoms with E-state index in [9.17, 15) is 4.79 Å². The van der Waals surface area contributed by atoms with Gasteiger partial charge in [0.15, 0.2) is 5.82 Å². The molecule has 2 aromatic carbocycles. The number of nitrogens with two attached hydrogens (primary N) is 1. The molecule has 0 saturated heterocycles. The lowest BCUT2D eigenvalue weighted by Crippen LogP contribution is -2.05. The van der Waals surface area contributed by atoms with E-state index in [1.165, 1.54) is 25.2 Å². The monoisotopic (exact) mass is 424 g/mol. The Hall–Kier alpha value is -3.93. The summed E-state index contributed by atoms with van der Waals surface area (Å²) in [6.07, 6.45) is 10.3. The number of carbonyl (C=O) groups is 1. The van der Waals surface area contributed by atoms with Crippen LogP contribution in [-0.2, 0) is 4.79 Å². The summed E-state index contributed by atoms with van der Waals surface area (Å²) in [5.41, 5.74) is 11.1. The number of carbonyl (C=O) groups excluding carboxylic acids is 1. The standard InChI is InChI=1S/C26H24N4O2/c27-26-25-23(18-12-14-21(15-13-18)32-20-9-2-1-3-10-20)22(11-6-16-31)24(19-7-4-5-8-19)30(25)29-17-28-26/h1-3,6,9-17,19H,4-5,7-8H2,(H2,27,28,29). The van der Waals surface area contributed by atoms with Crippen LogP contribution in [0.15, 0.2) is 67.0 Å². The summed E-state index contributed by atoms with van der Waals surface area (Å²) >= 11 is 0. The minimum absolute atomic E-state index is 0.373. The third-order valence-electron chi connectivity index (χ3n) is 6.03. The summed E-state index contributed by atoms with van der Waals surface area (Å²) in [5.74, 6) is 2.32. The van der Waals surface area contributed by atoms with Crippen molar-refractivity contribution in [1.82, 2.24) is 14.6 Å². The first kappa shape index (κ1) is 20.0. The predicted octanol–water partition coefficient (Wildman–Crippen LogP) is 5.64. The molecule has 0 aliphatic heterocycles. The molecule has 0 spiro atoms. The number of nitrogens with zero attached hydrogens (tertiary/aromatic N) is 3. The van der Waals surface area contributed by atoms with Gasteiger partial charge in [-0.15, -0.1) is 0 Å². The number of benzene rings is 2. The average Bonchev–Trinajstić information content (AvgIpc) is 3.45. The number of aromatic nitrogens is 3. The minimum atomic E-state index is 0.373. The zero-order valence-corrected chi connectivity index (χ0v) is 17.6. The Morgan fingerprint density at radius 3 is 2.44 bits per heavy atom. The van der Waals surface area contributed by atoms with Gasteiger partial charge < -0.3 is 10.5 Å². The van der Waals surface area contributed by atoms with E-state index in [1.54, 1.807) is 0 Å². The molecule has 2 aromatic heterocycles. The van der Waals surface area contributed by atoms with Crippen molar-refractivity contribution < 1.29 is 9.53 Å². The molecule has 0 amide bonds. The van der Waals surface area contributed by atoms with Crippen LogP contribution in [0.5, 0.6) is 11.5 Å². The van der Waals surface area contributed by atoms with Crippen LogP contribution in [0.4, 0.5) is 5.82 Å². The maximum absolute atomic E-state index is 11.2. The van der Waals surface area contributed by atoms with Gasteiger partial charge in [0.2, 0.25) is 0 Å². The summed E-state index contributed by atoms with van der Waals surface area (Å²) in [6, 6.07) is 17.6. The van der Waals surface area contributed by atoms with E-state index in [-0.39, 0.29) is 0 Å². The summed E-state index contributed by atoms with van der Waals surface area (Å²) in [6.45, 7) is 0. The first-order chi connectivity index (χ1) is 15.8. The maximum Gasteiger partial charge on any atom is 0.152 e. The van der Waals surface area contributed by atoms with E-state index in [1.807, 2.05) is 65.2 Å². The van der Waals surface area contributed by atoms with Crippen LogP contribution in [0.2, 0.25) is 0 Å². The van der Waals surface area contributed by atoms with Crippen LogP contribution >= 0.6 is 0 Å². The van der Waals surface area contributed by atoms with E-state index < -0.39 is 0 Å². The summed E-state index contributed by atoms with van der Waals surface area (Å²) in [7, 11) is 0. The van der Waals surface area contributed by atoms with Gasteiger partial charge in [0, 0.05) is 17.0 Å². The molecule has 6 nitrogen and oxygen atoms in total. The minimum Gasteiger partial charge on any atom is -0.457 e. The highest BCUT2D eigenvalue weighted by atomic mass is 16.5. The average molecular weight is 425 g/mol. The van der Waals surface area contributed by atoms with Gasteiger partial charge in [0.25, 0.3) is 0 Å². The zero-order chi connectivity index (χ0) is 21.9. The van der Waals surface area contributed by atoms with Crippen molar-refractivity contribution in [3.05, 3.63) is 78.3 Å². The molecule has 0 unspecified atom stereocenters. The van der Waals surface area contributed by atoms with Crippen molar-refractivity contribution in [2.45, 2.75) is 31.6 Å². The van der Waals surface area contributed by atoms with E-state index >= 15 is 0 Å². The Balaban J connectivity index is 1.66. The molecule has 1 aliphatic rings. The summed E-state index contributed by atoms with van der Waals surface area (Å²) in [5, 5.41) is 4.55. The summed E-state index contributed by atoms with van der Waals surface area (Å²) in [4.78, 5) is 15.5. The number of allylic oxidation sites excluding steroid dienone is 1. The Morgan fingerprint density at radius 1 is 1.00 bits per heavy atom. The Labute approximate surface area is 186 Å². The number of rotatable bonds is 6. The van der Waals surface area contributed by atoms with E-state index in [2.05, 4.69) is 10.1 Å². The lowest BCUT2D eigenvalue weighted by atomic mass is 9.94. The smallest absolute Gasteiger partial charge is 0.152 e. The number of aldehydes is 1. The highest BCUT2D eigenvalue weighted by molar-refractivity contribution is 5.96. The molecule has 5 rings (SSSR count). The number of ether oxygens (including phenoxy) is 1. The molecular formula is C26H24N4O2. The van der Waals surface area contributed by atoms with Crippen LogP contribution < -0.4 is 10.5 Å². The van der Waals surface area contributed by atoms with Crippen LogP contribution in [0, 0.1) is 0 Å². The van der Waals surface area contributed by atoms with Gasteiger partial charge >= 0.3 is 0 Å². The normalized spacial score (nSPS) is 14.4. The van der Waals surface area contributed by atoms with Crippen molar-refractivity contribution in [1.29, 1.82) is 0 Å². The van der Waals surface area contributed by atoms with E-state index in [4.69, 9.17) is 10.5 Å². The van der Waals surface area contributed by atoms with Gasteiger partial charge in [0.05, 0.1) is 5.69 Å². The van der Waals surface area contributed by atoms with Crippen molar-refractivity contribution in [2.24, 2.45) is 0 Å². The van der Waals surface area contributed by atoms with E-state index in [0.29, 0.717) is 11.7 Å². The number of hydrogen-bond donors (Lipinski definition) is 1. The van der Waals surface area contributed by atoms with Gasteiger partial charge in [-0.25, -0.2) is 9.50 Å². The Morgan fingerprint density at radius 2 is 1.72 bits per heavy atom. The zero-order valence-electron chi connectivity index (χ0n) is 17.6. The molecule has 6 heteroatoms. The summed E-state index contributed by atoms with van der Waals surface area (Å²) < 4.78 is 7.87. The fourth-order valence-corrected chi connectivity index (χ4v) is 4.66. The molecular weight excluding hydrogens is 400 g/mol. The lowest BCUT2D eigenvalue weighted by Gasteiger charge is -2.11. The topological polar surface area (TPSA) is 82.5 Å². The number of para-hydroxylation sites is 1. The molecule has 1 aliphatic carbocycles. The predicted molar refractivity (Wildman–Crippen MR) is 126 cm³/mol. The molecule has 2 heterocycles. The van der Waals surface area contributed by atoms with Crippen LogP contribution in [0.3, 0.4) is 0 Å². The largest absolute Gasteiger partial charge is 0.457 e. The third kappa shape index (κ3) is 3.64. The number of nitrogen functional groups attached to an aromatic ring is 1. The molecule has 32 heavy (non-hydrogen) atoms. The van der Waals surface area contributed by atoms with Gasteiger partial charge in [-0.05, 0) is 54.8 Å². The molecule has 1 saturated carbocycles. The first-order valence-electron chi connectivity index (χ1n) is 10.9. The van der Waals surface area contributed by atoms with Crippen LogP contribution in [-0.4, -0.2) is 20.9 Å². The van der Waals surface area contributed by atoms with Crippen molar-refractivity contribution in [3.8, 4) is 22.6 Å². The van der Waals surface area contributed by atoms with Crippen molar-refractivity contribution in [2.75, 3.05) is 5.73 Å².